The lowest BCUT2D eigenvalue weighted by Gasteiger charge is -2.13. The first-order chi connectivity index (χ1) is 13.5. The van der Waals surface area contributed by atoms with Crippen molar-refractivity contribution in [1.82, 2.24) is 0 Å². The number of sulfonamides is 1. The Morgan fingerprint density at radius 1 is 0.931 bits per heavy atom. The smallest absolute Gasteiger partial charge is 0.306 e. The van der Waals surface area contributed by atoms with Crippen molar-refractivity contribution in [3.63, 3.8) is 0 Å². The molecule has 0 unspecified atom stereocenters. The number of hydrogen-bond acceptors (Lipinski definition) is 6. The Morgan fingerprint density at radius 2 is 1.48 bits per heavy atom. The molecule has 0 amide bonds. The maximum absolute atomic E-state index is 12.4. The van der Waals surface area contributed by atoms with Crippen LogP contribution in [-0.2, 0) is 19.6 Å². The molecule has 0 saturated carbocycles. The standard InChI is InChI=1S/C21H23NO6S/c1-14-4-6-16(7-5-14)19(23)12-13-20(24)28-15(2)21(25)17-8-10-18(11-9-17)22-29(3,26)27/h4-11,15,22H,12-13H2,1-3H3/t15-/m0/s1. The molecule has 154 valence electrons. The van der Waals surface area contributed by atoms with Crippen molar-refractivity contribution in [2.24, 2.45) is 0 Å². The first-order valence-electron chi connectivity index (χ1n) is 8.96. The first-order valence-corrected chi connectivity index (χ1v) is 10.9. The molecule has 0 fully saturated rings. The molecule has 1 N–H and O–H groups in total. The summed E-state index contributed by atoms with van der Waals surface area (Å²) in [6, 6.07) is 12.8. The van der Waals surface area contributed by atoms with Gasteiger partial charge >= 0.3 is 5.97 Å². The largest absolute Gasteiger partial charge is 0.454 e. The number of anilines is 1. The van der Waals surface area contributed by atoms with Crippen LogP contribution in [0, 0.1) is 6.92 Å². The third kappa shape index (κ3) is 7.15. The third-order valence-corrected chi connectivity index (χ3v) is 4.69. The van der Waals surface area contributed by atoms with Crippen molar-refractivity contribution in [3.8, 4) is 0 Å². The van der Waals surface area contributed by atoms with Gasteiger partial charge in [0.25, 0.3) is 0 Å². The second-order valence-corrected chi connectivity index (χ2v) is 8.49. The summed E-state index contributed by atoms with van der Waals surface area (Å²) in [7, 11) is -3.41. The Kier molecular flexibility index (Phi) is 7.28. The van der Waals surface area contributed by atoms with Gasteiger partial charge in [-0.05, 0) is 38.1 Å². The molecule has 0 heterocycles. The summed E-state index contributed by atoms with van der Waals surface area (Å²) >= 11 is 0. The highest BCUT2D eigenvalue weighted by Crippen LogP contribution is 2.14. The number of carbonyl (C=O) groups excluding carboxylic acids is 3. The Labute approximate surface area is 170 Å². The molecule has 2 rings (SSSR count). The molecule has 2 aromatic rings. The van der Waals surface area contributed by atoms with Crippen LogP contribution in [0.2, 0.25) is 0 Å². The van der Waals surface area contributed by atoms with E-state index < -0.39 is 27.9 Å². The molecule has 29 heavy (non-hydrogen) atoms. The van der Waals surface area contributed by atoms with Gasteiger partial charge in [0.1, 0.15) is 0 Å². The molecule has 0 radical (unpaired) electrons. The Balaban J connectivity index is 1.87. The van der Waals surface area contributed by atoms with E-state index in [0.717, 1.165) is 11.8 Å². The zero-order valence-electron chi connectivity index (χ0n) is 16.5. The van der Waals surface area contributed by atoms with Crippen molar-refractivity contribution in [3.05, 3.63) is 65.2 Å². The maximum atomic E-state index is 12.4. The highest BCUT2D eigenvalue weighted by molar-refractivity contribution is 7.92. The van der Waals surface area contributed by atoms with Gasteiger partial charge in [0.2, 0.25) is 15.8 Å². The molecule has 0 aliphatic heterocycles. The predicted molar refractivity (Wildman–Crippen MR) is 110 cm³/mol. The Hall–Kier alpha value is -3.00. The number of nitrogens with one attached hydrogen (secondary N) is 1. The van der Waals surface area contributed by atoms with Crippen LogP contribution in [0.5, 0.6) is 0 Å². The molecule has 1 atom stereocenters. The minimum atomic E-state index is -3.41. The van der Waals surface area contributed by atoms with Crippen molar-refractivity contribution >= 4 is 33.2 Å². The Bertz CT molecular complexity index is 994. The molecular formula is C21H23NO6S. The van der Waals surface area contributed by atoms with Gasteiger partial charge in [-0.15, -0.1) is 0 Å². The number of rotatable bonds is 9. The van der Waals surface area contributed by atoms with Crippen molar-refractivity contribution < 1.29 is 27.5 Å². The van der Waals surface area contributed by atoms with E-state index >= 15 is 0 Å². The van der Waals surface area contributed by atoms with E-state index in [9.17, 15) is 22.8 Å². The van der Waals surface area contributed by atoms with E-state index in [1.54, 1.807) is 12.1 Å². The zero-order valence-corrected chi connectivity index (χ0v) is 17.3. The van der Waals surface area contributed by atoms with Crippen LogP contribution in [0.4, 0.5) is 5.69 Å². The summed E-state index contributed by atoms with van der Waals surface area (Å²) in [5, 5.41) is 0. The van der Waals surface area contributed by atoms with E-state index in [4.69, 9.17) is 4.74 Å². The second kappa shape index (κ2) is 9.47. The lowest BCUT2D eigenvalue weighted by molar-refractivity contribution is -0.146. The summed E-state index contributed by atoms with van der Waals surface area (Å²) in [6.45, 7) is 3.37. The van der Waals surface area contributed by atoms with Crippen molar-refractivity contribution in [2.45, 2.75) is 32.8 Å². The van der Waals surface area contributed by atoms with Crippen LogP contribution in [0.1, 0.15) is 46.0 Å². The molecule has 0 spiro atoms. The maximum Gasteiger partial charge on any atom is 0.306 e. The SMILES string of the molecule is Cc1ccc(C(=O)CCC(=O)O[C@@H](C)C(=O)c2ccc(NS(C)(=O)=O)cc2)cc1. The zero-order chi connectivity index (χ0) is 21.6. The van der Waals surface area contributed by atoms with Crippen LogP contribution in [0.3, 0.4) is 0 Å². The first kappa shape index (κ1) is 22.3. The third-order valence-electron chi connectivity index (χ3n) is 4.08. The monoisotopic (exact) mass is 417 g/mol. The highest BCUT2D eigenvalue weighted by atomic mass is 32.2. The predicted octanol–water partition coefficient (Wildman–Crippen LogP) is 3.14. The summed E-state index contributed by atoms with van der Waals surface area (Å²) in [6.07, 6.45) is -0.126. The average molecular weight is 417 g/mol. The van der Waals surface area contributed by atoms with E-state index in [1.807, 2.05) is 19.1 Å². The molecular weight excluding hydrogens is 394 g/mol. The molecule has 0 aliphatic rings. The number of benzene rings is 2. The number of hydrogen-bond donors (Lipinski definition) is 1. The number of ketones is 2. The molecule has 0 aromatic heterocycles. The van der Waals surface area contributed by atoms with Crippen LogP contribution in [-0.4, -0.2) is 38.3 Å². The van der Waals surface area contributed by atoms with Gasteiger partial charge in [-0.3, -0.25) is 19.1 Å². The molecule has 7 nitrogen and oxygen atoms in total. The topological polar surface area (TPSA) is 107 Å². The van der Waals surface area contributed by atoms with Gasteiger partial charge in [-0.25, -0.2) is 8.42 Å². The van der Waals surface area contributed by atoms with Crippen LogP contribution in [0.15, 0.2) is 48.5 Å². The highest BCUT2D eigenvalue weighted by Gasteiger charge is 2.20. The van der Waals surface area contributed by atoms with Gasteiger partial charge in [0.05, 0.1) is 12.7 Å². The molecule has 8 heteroatoms. The number of esters is 1. The number of carbonyl (C=O) groups is 3. The Morgan fingerprint density at radius 3 is 2.03 bits per heavy atom. The summed E-state index contributed by atoms with van der Waals surface area (Å²) in [5.74, 6) is -1.23. The van der Waals surface area contributed by atoms with Crippen LogP contribution >= 0.6 is 0 Å². The fourth-order valence-corrected chi connectivity index (χ4v) is 3.12. The minimum Gasteiger partial charge on any atom is -0.454 e. The molecule has 0 saturated heterocycles. The summed E-state index contributed by atoms with van der Waals surface area (Å²) in [4.78, 5) is 36.5. The normalized spacial score (nSPS) is 12.1. The fourth-order valence-electron chi connectivity index (χ4n) is 2.56. The lowest BCUT2D eigenvalue weighted by Crippen LogP contribution is -2.24. The second-order valence-electron chi connectivity index (χ2n) is 6.74. The van der Waals surface area contributed by atoms with E-state index in [0.29, 0.717) is 11.3 Å². The quantitative estimate of drug-likeness (QED) is 0.496. The van der Waals surface area contributed by atoms with Gasteiger partial charge in [-0.2, -0.15) is 0 Å². The average Bonchev–Trinajstić information content (AvgIpc) is 2.65. The van der Waals surface area contributed by atoms with Crippen molar-refractivity contribution in [1.29, 1.82) is 0 Å². The molecule has 0 aliphatic carbocycles. The molecule has 0 bridgehead atoms. The van der Waals surface area contributed by atoms with Gasteiger partial charge in [0, 0.05) is 23.2 Å². The number of aryl methyl sites for hydroxylation is 1. The molecule has 2 aromatic carbocycles. The van der Waals surface area contributed by atoms with Gasteiger partial charge < -0.3 is 4.74 Å². The van der Waals surface area contributed by atoms with Crippen LogP contribution < -0.4 is 4.72 Å². The lowest BCUT2D eigenvalue weighted by atomic mass is 10.0. The van der Waals surface area contributed by atoms with Crippen molar-refractivity contribution in [2.75, 3.05) is 11.0 Å². The van der Waals surface area contributed by atoms with E-state index in [-0.39, 0.29) is 24.2 Å². The minimum absolute atomic E-state index is 0.00529. The number of ether oxygens (including phenoxy) is 1. The van der Waals surface area contributed by atoms with Gasteiger partial charge in [0.15, 0.2) is 11.9 Å². The van der Waals surface area contributed by atoms with Gasteiger partial charge in [-0.1, -0.05) is 29.8 Å². The summed E-state index contributed by atoms with van der Waals surface area (Å²) in [5.41, 5.74) is 2.16. The summed E-state index contributed by atoms with van der Waals surface area (Å²) < 4.78 is 29.8. The number of Topliss-reactive ketones (excluding diaryl/α,β-unsaturated/α-hetero) is 2. The van der Waals surface area contributed by atoms with E-state index in [1.165, 1.54) is 31.2 Å². The van der Waals surface area contributed by atoms with Crippen LogP contribution in [0.25, 0.3) is 0 Å². The van der Waals surface area contributed by atoms with E-state index in [2.05, 4.69) is 4.72 Å². The fraction of sp³-hybridized carbons (Fsp3) is 0.286.